The summed E-state index contributed by atoms with van der Waals surface area (Å²) in [4.78, 5) is 5.61. The molecular weight excluding hydrogens is 222 g/mol. The maximum absolute atomic E-state index is 5.42. The van der Waals surface area contributed by atoms with Crippen molar-refractivity contribution in [2.45, 2.75) is 19.4 Å². The molecule has 1 N–H and O–H groups in total. The van der Waals surface area contributed by atoms with Gasteiger partial charge in [0.1, 0.15) is 0 Å². The molecule has 0 bridgehead atoms. The maximum Gasteiger partial charge on any atom is 0.193 e. The van der Waals surface area contributed by atoms with Crippen molar-refractivity contribution >= 4 is 16.3 Å². The Morgan fingerprint density at radius 2 is 2.50 bits per heavy atom. The van der Waals surface area contributed by atoms with Gasteiger partial charge >= 0.3 is 0 Å². The summed E-state index contributed by atoms with van der Waals surface area (Å²) < 4.78 is 7.48. The van der Waals surface area contributed by atoms with E-state index >= 15 is 0 Å². The van der Waals surface area contributed by atoms with Crippen LogP contribution in [-0.2, 0) is 11.2 Å². The first-order valence-electron chi connectivity index (χ1n) is 5.49. The molecular formula is C11H17N3OS. The number of hydrogen-bond donors (Lipinski definition) is 1. The summed E-state index contributed by atoms with van der Waals surface area (Å²) in [5, 5.41) is 5.29. The molecule has 0 aliphatic rings. The molecule has 0 spiro atoms. The first-order valence-corrected chi connectivity index (χ1v) is 6.37. The molecule has 5 heteroatoms. The van der Waals surface area contributed by atoms with E-state index < -0.39 is 0 Å². The Kier molecular flexibility index (Phi) is 3.93. The van der Waals surface area contributed by atoms with Gasteiger partial charge in [-0.3, -0.25) is 4.40 Å². The van der Waals surface area contributed by atoms with Crippen LogP contribution in [0.5, 0.6) is 0 Å². The predicted molar refractivity (Wildman–Crippen MR) is 66.1 cm³/mol. The Balaban J connectivity index is 1.99. The van der Waals surface area contributed by atoms with Crippen LogP contribution >= 0.6 is 11.3 Å². The van der Waals surface area contributed by atoms with Crippen LogP contribution in [0.2, 0.25) is 0 Å². The van der Waals surface area contributed by atoms with Crippen molar-refractivity contribution in [2.75, 3.05) is 20.3 Å². The van der Waals surface area contributed by atoms with Crippen molar-refractivity contribution in [1.29, 1.82) is 0 Å². The van der Waals surface area contributed by atoms with Gasteiger partial charge in [0.15, 0.2) is 4.96 Å². The van der Waals surface area contributed by atoms with Gasteiger partial charge in [-0.15, -0.1) is 11.3 Å². The summed E-state index contributed by atoms with van der Waals surface area (Å²) >= 11 is 1.66. The number of fused-ring (bicyclic) bond motifs is 1. The average Bonchev–Trinajstić information content (AvgIpc) is 2.84. The fraction of sp³-hybridized carbons (Fsp3) is 0.545. The fourth-order valence-corrected chi connectivity index (χ4v) is 2.35. The summed E-state index contributed by atoms with van der Waals surface area (Å²) in [5.41, 5.74) is 1.12. The molecule has 0 saturated carbocycles. The van der Waals surface area contributed by atoms with E-state index in [9.17, 15) is 0 Å². The molecule has 1 atom stereocenters. The summed E-state index contributed by atoms with van der Waals surface area (Å²) in [5.74, 6) is 0. The zero-order valence-corrected chi connectivity index (χ0v) is 10.5. The van der Waals surface area contributed by atoms with E-state index in [0.717, 1.165) is 30.3 Å². The van der Waals surface area contributed by atoms with E-state index in [1.807, 2.05) is 25.5 Å². The third-order valence-electron chi connectivity index (χ3n) is 2.53. The van der Waals surface area contributed by atoms with Crippen molar-refractivity contribution in [1.82, 2.24) is 14.7 Å². The van der Waals surface area contributed by atoms with Gasteiger partial charge in [0.2, 0.25) is 0 Å². The Hall–Kier alpha value is -0.910. The first kappa shape index (κ1) is 11.6. The van der Waals surface area contributed by atoms with Gasteiger partial charge in [-0.2, -0.15) is 0 Å². The highest BCUT2D eigenvalue weighted by Gasteiger charge is 2.10. The van der Waals surface area contributed by atoms with Crippen LogP contribution in [0.15, 0.2) is 17.8 Å². The molecule has 2 aromatic rings. The quantitative estimate of drug-likeness (QED) is 0.831. The molecule has 2 aromatic heterocycles. The second-order valence-corrected chi connectivity index (χ2v) is 4.55. The number of imidazole rings is 1. The Labute approximate surface area is 99.3 Å². The van der Waals surface area contributed by atoms with Crippen LogP contribution in [0.25, 0.3) is 4.96 Å². The molecule has 0 amide bonds. The molecule has 0 aromatic carbocycles. The van der Waals surface area contributed by atoms with Crippen molar-refractivity contribution in [3.63, 3.8) is 0 Å². The Morgan fingerprint density at radius 1 is 1.62 bits per heavy atom. The number of rotatable bonds is 6. The van der Waals surface area contributed by atoms with E-state index in [2.05, 4.69) is 20.9 Å². The van der Waals surface area contributed by atoms with Crippen LogP contribution in [0.3, 0.4) is 0 Å². The lowest BCUT2D eigenvalue weighted by atomic mass is 10.2. The monoisotopic (exact) mass is 239 g/mol. The smallest absolute Gasteiger partial charge is 0.193 e. The second kappa shape index (κ2) is 5.43. The Morgan fingerprint density at radius 3 is 3.19 bits per heavy atom. The normalized spacial score (nSPS) is 13.4. The number of hydrogen-bond acceptors (Lipinski definition) is 4. The molecule has 4 nitrogen and oxygen atoms in total. The van der Waals surface area contributed by atoms with E-state index in [1.54, 1.807) is 11.3 Å². The highest BCUT2D eigenvalue weighted by atomic mass is 32.1. The summed E-state index contributed by atoms with van der Waals surface area (Å²) in [6, 6.07) is 0.338. The number of nitrogens with one attached hydrogen (secondary N) is 1. The molecule has 88 valence electrons. The van der Waals surface area contributed by atoms with Gasteiger partial charge < -0.3 is 10.1 Å². The first-order chi connectivity index (χ1) is 7.83. The zero-order chi connectivity index (χ0) is 11.4. The van der Waals surface area contributed by atoms with Crippen molar-refractivity contribution < 1.29 is 4.74 Å². The second-order valence-electron chi connectivity index (χ2n) is 3.67. The molecule has 0 fully saturated rings. The lowest BCUT2D eigenvalue weighted by Gasteiger charge is -2.14. The van der Waals surface area contributed by atoms with Gasteiger partial charge in [-0.05, 0) is 14.0 Å². The Bertz CT molecular complexity index is 409. The molecule has 2 rings (SSSR count). The third-order valence-corrected chi connectivity index (χ3v) is 3.30. The predicted octanol–water partition coefficient (Wildman–Crippen LogP) is 1.56. The van der Waals surface area contributed by atoms with Crippen molar-refractivity contribution in [3.05, 3.63) is 23.5 Å². The summed E-state index contributed by atoms with van der Waals surface area (Å²) in [7, 11) is 1.96. The van der Waals surface area contributed by atoms with Gasteiger partial charge in [0, 0.05) is 36.8 Å². The number of ether oxygens (including phenoxy) is 1. The third kappa shape index (κ3) is 2.61. The fourth-order valence-electron chi connectivity index (χ4n) is 1.63. The topological polar surface area (TPSA) is 38.6 Å². The van der Waals surface area contributed by atoms with Gasteiger partial charge in [0.25, 0.3) is 0 Å². The highest BCUT2D eigenvalue weighted by molar-refractivity contribution is 7.15. The molecule has 0 aliphatic carbocycles. The van der Waals surface area contributed by atoms with Crippen LogP contribution in [0, 0.1) is 0 Å². The molecule has 0 saturated heterocycles. The lowest BCUT2D eigenvalue weighted by molar-refractivity contribution is 0.125. The number of likely N-dealkylation sites (N-methyl/N-ethyl adjacent to an activating group) is 1. The van der Waals surface area contributed by atoms with E-state index in [0.29, 0.717) is 6.04 Å². The molecule has 0 radical (unpaired) electrons. The summed E-state index contributed by atoms with van der Waals surface area (Å²) in [6.07, 6.45) is 5.03. The minimum absolute atomic E-state index is 0.338. The number of nitrogens with zero attached hydrogens (tertiary/aromatic N) is 2. The van der Waals surface area contributed by atoms with Crippen LogP contribution in [0.4, 0.5) is 0 Å². The minimum atomic E-state index is 0.338. The van der Waals surface area contributed by atoms with Gasteiger partial charge in [0.05, 0.1) is 12.3 Å². The van der Waals surface area contributed by atoms with Crippen LogP contribution in [0.1, 0.15) is 12.6 Å². The van der Waals surface area contributed by atoms with Crippen LogP contribution in [-0.4, -0.2) is 35.7 Å². The summed E-state index contributed by atoms with van der Waals surface area (Å²) in [6.45, 7) is 3.51. The van der Waals surface area contributed by atoms with Gasteiger partial charge in [-0.25, -0.2) is 4.98 Å². The zero-order valence-electron chi connectivity index (χ0n) is 9.64. The SMILES string of the molecule is CCOCC(Cc1cn2ccsc2n1)NC. The standard InChI is InChI=1S/C11H17N3OS/c1-3-15-8-10(12-2)6-9-7-14-4-5-16-11(14)13-9/h4-5,7,10,12H,3,6,8H2,1-2H3. The number of thiazole rings is 1. The van der Waals surface area contributed by atoms with E-state index in [-0.39, 0.29) is 0 Å². The number of aromatic nitrogens is 2. The largest absolute Gasteiger partial charge is 0.380 e. The molecule has 2 heterocycles. The maximum atomic E-state index is 5.42. The molecule has 16 heavy (non-hydrogen) atoms. The van der Waals surface area contributed by atoms with E-state index in [4.69, 9.17) is 4.74 Å². The highest BCUT2D eigenvalue weighted by Crippen LogP contribution is 2.12. The van der Waals surface area contributed by atoms with Crippen molar-refractivity contribution in [3.8, 4) is 0 Å². The van der Waals surface area contributed by atoms with Crippen LogP contribution < -0.4 is 5.32 Å². The van der Waals surface area contributed by atoms with Crippen molar-refractivity contribution in [2.24, 2.45) is 0 Å². The van der Waals surface area contributed by atoms with E-state index in [1.165, 1.54) is 0 Å². The molecule has 1 unspecified atom stereocenters. The average molecular weight is 239 g/mol. The molecule has 0 aliphatic heterocycles. The lowest BCUT2D eigenvalue weighted by Crippen LogP contribution is -2.32. The minimum Gasteiger partial charge on any atom is -0.380 e. The van der Waals surface area contributed by atoms with Gasteiger partial charge in [-0.1, -0.05) is 0 Å².